The van der Waals surface area contributed by atoms with E-state index in [-0.39, 0.29) is 4.90 Å². The van der Waals surface area contributed by atoms with E-state index in [4.69, 9.17) is 14.7 Å². The minimum atomic E-state index is -3.51. The van der Waals surface area contributed by atoms with Gasteiger partial charge in [0, 0.05) is 5.39 Å². The van der Waals surface area contributed by atoms with E-state index in [2.05, 4.69) is 35.0 Å². The summed E-state index contributed by atoms with van der Waals surface area (Å²) in [5.41, 5.74) is 4.47. The average Bonchev–Trinajstić information content (AvgIpc) is 2.94. The number of benzene rings is 3. The summed E-state index contributed by atoms with van der Waals surface area (Å²) in [6.45, 7) is 7.53. The molecule has 0 spiro atoms. The first-order chi connectivity index (χ1) is 18.8. The van der Waals surface area contributed by atoms with Crippen molar-refractivity contribution in [3.63, 3.8) is 0 Å². The Morgan fingerprint density at radius 1 is 0.949 bits per heavy atom. The number of ether oxygens (including phenoxy) is 1. The highest BCUT2D eigenvalue weighted by molar-refractivity contribution is 7.92. The lowest BCUT2D eigenvalue weighted by Crippen LogP contribution is -2.27. The van der Waals surface area contributed by atoms with Crippen LogP contribution in [0.1, 0.15) is 43.7 Å². The largest absolute Gasteiger partial charge is 0.495 e. The zero-order chi connectivity index (χ0) is 27.6. The van der Waals surface area contributed by atoms with Gasteiger partial charge in [0.05, 0.1) is 34.1 Å². The molecule has 5 rings (SSSR count). The number of aromatic nitrogens is 2. The topological polar surface area (TPSA) is 105 Å². The quantitative estimate of drug-likeness (QED) is 0.245. The van der Waals surface area contributed by atoms with Crippen molar-refractivity contribution in [1.82, 2.24) is 15.3 Å². The first-order valence-electron chi connectivity index (χ1n) is 13.3. The van der Waals surface area contributed by atoms with E-state index in [0.717, 1.165) is 48.3 Å². The van der Waals surface area contributed by atoms with Crippen LogP contribution in [-0.4, -0.2) is 43.8 Å². The minimum Gasteiger partial charge on any atom is -0.495 e. The van der Waals surface area contributed by atoms with E-state index >= 15 is 0 Å². The van der Waals surface area contributed by atoms with E-state index in [9.17, 15) is 8.42 Å². The maximum absolute atomic E-state index is 13.1. The number of para-hydroxylation sites is 2. The Labute approximate surface area is 230 Å². The molecule has 0 bridgehead atoms. The number of sulfone groups is 1. The number of aryl methyl sites for hydroxylation is 1. The van der Waals surface area contributed by atoms with Gasteiger partial charge in [-0.15, -0.1) is 0 Å². The first kappa shape index (κ1) is 26.9. The molecule has 39 heavy (non-hydrogen) atoms. The van der Waals surface area contributed by atoms with Gasteiger partial charge >= 0.3 is 0 Å². The second kappa shape index (κ2) is 11.2. The molecule has 204 valence electrons. The van der Waals surface area contributed by atoms with Crippen LogP contribution in [0.5, 0.6) is 5.75 Å². The lowest BCUT2D eigenvalue weighted by atomic mass is 9.87. The molecule has 9 heteroatoms. The molecule has 2 heterocycles. The molecule has 0 radical (unpaired) electrons. The maximum atomic E-state index is 13.1. The summed E-state index contributed by atoms with van der Waals surface area (Å²) in [5.74, 6) is 2.13. The summed E-state index contributed by atoms with van der Waals surface area (Å²) in [6, 6.07) is 18.8. The van der Waals surface area contributed by atoms with Gasteiger partial charge < -0.3 is 20.7 Å². The van der Waals surface area contributed by atoms with Gasteiger partial charge in [-0.2, -0.15) is 4.98 Å². The second-order valence-electron chi connectivity index (χ2n) is 10.2. The van der Waals surface area contributed by atoms with Gasteiger partial charge in [-0.05, 0) is 100 Å². The third-order valence-corrected chi connectivity index (χ3v) is 9.49. The van der Waals surface area contributed by atoms with Gasteiger partial charge in [-0.25, -0.2) is 13.4 Å². The number of nitrogens with one attached hydrogen (secondary N) is 3. The standard InChI is InChI=1S/C30H35N5O3S/c1-19(2)39(36,37)28-12-8-7-11-25(28)32-29-22-9-5-6-10-24(22)33-30(35-29)34-26-17-20(3)23(18-27(26)38-4)21-13-15-31-16-14-21/h5-12,17-19,21,31H,13-16H2,1-4H3,(H2,32,33,34,35). The zero-order valence-electron chi connectivity index (χ0n) is 22.8. The van der Waals surface area contributed by atoms with Crippen LogP contribution in [-0.2, 0) is 9.84 Å². The van der Waals surface area contributed by atoms with Crippen LogP contribution in [0.15, 0.2) is 65.6 Å². The van der Waals surface area contributed by atoms with Crippen molar-refractivity contribution in [3.05, 3.63) is 71.8 Å². The number of nitrogens with zero attached hydrogens (tertiary/aromatic N) is 2. The van der Waals surface area contributed by atoms with E-state index in [0.29, 0.717) is 23.4 Å². The predicted molar refractivity (Wildman–Crippen MR) is 157 cm³/mol. The van der Waals surface area contributed by atoms with Gasteiger partial charge in [-0.3, -0.25) is 0 Å². The molecular formula is C30H35N5O3S. The number of piperidine rings is 1. The number of methoxy groups -OCH3 is 1. The molecule has 1 aliphatic rings. The number of fused-ring (bicyclic) bond motifs is 1. The van der Waals surface area contributed by atoms with E-state index < -0.39 is 15.1 Å². The fourth-order valence-electron chi connectivity index (χ4n) is 5.09. The Hall–Kier alpha value is -3.69. The molecule has 8 nitrogen and oxygen atoms in total. The summed E-state index contributed by atoms with van der Waals surface area (Å²) in [4.78, 5) is 9.77. The third-order valence-electron chi connectivity index (χ3n) is 7.28. The summed E-state index contributed by atoms with van der Waals surface area (Å²) in [5, 5.41) is 10.3. The van der Waals surface area contributed by atoms with E-state index in [1.54, 1.807) is 39.2 Å². The van der Waals surface area contributed by atoms with Crippen molar-refractivity contribution < 1.29 is 13.2 Å². The van der Waals surface area contributed by atoms with Crippen LogP contribution in [0.25, 0.3) is 10.9 Å². The van der Waals surface area contributed by atoms with Gasteiger partial charge in [0.2, 0.25) is 5.95 Å². The Kier molecular flexibility index (Phi) is 7.72. The molecule has 0 unspecified atom stereocenters. The lowest BCUT2D eigenvalue weighted by molar-refractivity contribution is 0.413. The molecule has 0 saturated carbocycles. The highest BCUT2D eigenvalue weighted by Gasteiger charge is 2.24. The third kappa shape index (κ3) is 5.55. The lowest BCUT2D eigenvalue weighted by Gasteiger charge is -2.25. The van der Waals surface area contributed by atoms with Crippen molar-refractivity contribution in [2.75, 3.05) is 30.8 Å². The first-order valence-corrected chi connectivity index (χ1v) is 14.9. The zero-order valence-corrected chi connectivity index (χ0v) is 23.6. The van der Waals surface area contributed by atoms with E-state index in [1.165, 1.54) is 11.1 Å². The van der Waals surface area contributed by atoms with Crippen LogP contribution in [0.4, 0.5) is 23.1 Å². The van der Waals surface area contributed by atoms with Crippen LogP contribution < -0.4 is 20.7 Å². The number of hydrogen-bond acceptors (Lipinski definition) is 8. The number of anilines is 4. The minimum absolute atomic E-state index is 0.239. The Morgan fingerprint density at radius 3 is 2.41 bits per heavy atom. The van der Waals surface area contributed by atoms with Crippen LogP contribution in [0, 0.1) is 6.92 Å². The van der Waals surface area contributed by atoms with Crippen LogP contribution in [0.2, 0.25) is 0 Å². The van der Waals surface area contributed by atoms with Gasteiger partial charge in [0.1, 0.15) is 11.6 Å². The van der Waals surface area contributed by atoms with Crippen molar-refractivity contribution in [3.8, 4) is 5.75 Å². The molecule has 0 amide bonds. The average molecular weight is 546 g/mol. The smallest absolute Gasteiger partial charge is 0.229 e. The summed E-state index contributed by atoms with van der Waals surface area (Å²) in [7, 11) is -1.84. The number of rotatable bonds is 8. The molecular weight excluding hydrogens is 510 g/mol. The molecule has 0 atom stereocenters. The fraction of sp³-hybridized carbons (Fsp3) is 0.333. The Balaban J connectivity index is 1.54. The van der Waals surface area contributed by atoms with Crippen molar-refractivity contribution in [2.24, 2.45) is 0 Å². The second-order valence-corrected chi connectivity index (χ2v) is 12.7. The van der Waals surface area contributed by atoms with Crippen LogP contribution in [0.3, 0.4) is 0 Å². The molecule has 1 aliphatic heterocycles. The van der Waals surface area contributed by atoms with Gasteiger partial charge in [0.25, 0.3) is 0 Å². The monoisotopic (exact) mass is 545 g/mol. The molecule has 3 aromatic carbocycles. The summed E-state index contributed by atoms with van der Waals surface area (Å²) < 4.78 is 31.9. The predicted octanol–water partition coefficient (Wildman–Crippen LogP) is 6.08. The molecule has 1 fully saturated rings. The molecule has 4 aromatic rings. The summed E-state index contributed by atoms with van der Waals surface area (Å²) >= 11 is 0. The highest BCUT2D eigenvalue weighted by Crippen LogP contribution is 2.37. The Morgan fingerprint density at radius 2 is 1.67 bits per heavy atom. The molecule has 1 saturated heterocycles. The van der Waals surface area contributed by atoms with Gasteiger partial charge in [-0.1, -0.05) is 24.3 Å². The molecule has 1 aromatic heterocycles. The molecule has 3 N–H and O–H groups in total. The normalized spacial score (nSPS) is 14.5. The van der Waals surface area contributed by atoms with Crippen LogP contribution >= 0.6 is 0 Å². The van der Waals surface area contributed by atoms with E-state index in [1.807, 2.05) is 30.3 Å². The maximum Gasteiger partial charge on any atom is 0.229 e. The van der Waals surface area contributed by atoms with Crippen molar-refractivity contribution in [1.29, 1.82) is 0 Å². The summed E-state index contributed by atoms with van der Waals surface area (Å²) in [6.07, 6.45) is 2.21. The van der Waals surface area contributed by atoms with Gasteiger partial charge in [0.15, 0.2) is 9.84 Å². The fourth-order valence-corrected chi connectivity index (χ4v) is 6.29. The highest BCUT2D eigenvalue weighted by atomic mass is 32.2. The van der Waals surface area contributed by atoms with Crippen molar-refractivity contribution >= 4 is 43.9 Å². The number of hydrogen-bond donors (Lipinski definition) is 3. The molecule has 0 aliphatic carbocycles. The Bertz CT molecular complexity index is 1600. The SMILES string of the molecule is COc1cc(C2CCNCC2)c(C)cc1Nc1nc(Nc2ccccc2S(=O)(=O)C(C)C)c2ccccc2n1. The van der Waals surface area contributed by atoms with Crippen molar-refractivity contribution in [2.45, 2.75) is 49.7 Å².